The summed E-state index contributed by atoms with van der Waals surface area (Å²) in [6.45, 7) is 4.43. The van der Waals surface area contributed by atoms with Crippen molar-refractivity contribution in [1.29, 1.82) is 0 Å². The molecule has 19 heavy (non-hydrogen) atoms. The Labute approximate surface area is 116 Å². The smallest absolute Gasteiger partial charge is 0.220 e. The average molecular weight is 267 g/mol. The maximum absolute atomic E-state index is 12.1. The molecule has 2 atom stereocenters. The van der Waals surface area contributed by atoms with E-state index in [2.05, 4.69) is 17.6 Å². The van der Waals surface area contributed by atoms with E-state index in [0.717, 1.165) is 38.8 Å². The molecule has 0 aromatic rings. The Morgan fingerprint density at radius 3 is 2.68 bits per heavy atom. The highest BCUT2D eigenvalue weighted by Gasteiger charge is 2.24. The molecule has 0 spiro atoms. The number of piperidine rings is 1. The molecule has 1 aliphatic carbocycles. The van der Waals surface area contributed by atoms with Crippen molar-refractivity contribution in [2.24, 2.45) is 17.6 Å². The van der Waals surface area contributed by atoms with Gasteiger partial charge in [-0.1, -0.05) is 6.92 Å². The number of carbonyl (C=O) groups is 1. The molecule has 0 bridgehead atoms. The van der Waals surface area contributed by atoms with Crippen LogP contribution in [0.25, 0.3) is 0 Å². The zero-order valence-corrected chi connectivity index (χ0v) is 12.2. The molecule has 4 N–H and O–H groups in total. The predicted molar refractivity (Wildman–Crippen MR) is 77.7 cm³/mol. The number of nitrogens with two attached hydrogens (primary N) is 1. The zero-order chi connectivity index (χ0) is 13.7. The van der Waals surface area contributed by atoms with Gasteiger partial charge in [0.1, 0.15) is 0 Å². The molecule has 1 amide bonds. The number of amides is 1. The van der Waals surface area contributed by atoms with Crippen molar-refractivity contribution in [1.82, 2.24) is 10.6 Å². The third-order valence-electron chi connectivity index (χ3n) is 4.78. The molecule has 2 rings (SSSR count). The fourth-order valence-corrected chi connectivity index (χ4v) is 3.37. The van der Waals surface area contributed by atoms with Gasteiger partial charge in [0.05, 0.1) is 0 Å². The third kappa shape index (κ3) is 4.77. The van der Waals surface area contributed by atoms with Crippen LogP contribution in [-0.4, -0.2) is 31.1 Å². The normalized spacial score (nSPS) is 33.7. The van der Waals surface area contributed by atoms with Crippen molar-refractivity contribution >= 4 is 5.91 Å². The molecule has 4 heteroatoms. The maximum atomic E-state index is 12.1. The van der Waals surface area contributed by atoms with E-state index in [1.54, 1.807) is 0 Å². The minimum absolute atomic E-state index is 0.235. The van der Waals surface area contributed by atoms with Crippen molar-refractivity contribution in [3.8, 4) is 0 Å². The Morgan fingerprint density at radius 2 is 2.05 bits per heavy atom. The molecule has 2 aliphatic rings. The summed E-state index contributed by atoms with van der Waals surface area (Å²) in [5, 5.41) is 6.62. The fourth-order valence-electron chi connectivity index (χ4n) is 3.37. The van der Waals surface area contributed by atoms with Gasteiger partial charge in [-0.25, -0.2) is 0 Å². The quantitative estimate of drug-likeness (QED) is 0.721. The van der Waals surface area contributed by atoms with Crippen LogP contribution in [0.2, 0.25) is 0 Å². The van der Waals surface area contributed by atoms with Gasteiger partial charge in [-0.2, -0.15) is 0 Å². The number of carbonyl (C=O) groups excluding carboxylic acids is 1. The van der Waals surface area contributed by atoms with Gasteiger partial charge >= 0.3 is 0 Å². The summed E-state index contributed by atoms with van der Waals surface area (Å²) in [7, 11) is 0. The first kappa shape index (κ1) is 14.8. The van der Waals surface area contributed by atoms with Gasteiger partial charge in [-0.15, -0.1) is 0 Å². The van der Waals surface area contributed by atoms with Crippen molar-refractivity contribution in [3.63, 3.8) is 0 Å². The summed E-state index contributed by atoms with van der Waals surface area (Å²) in [6, 6.07) is 0.712. The fraction of sp³-hybridized carbons (Fsp3) is 0.933. The Kier molecular flexibility index (Phi) is 5.64. The number of nitrogens with one attached hydrogen (secondary N) is 2. The molecular formula is C15H29N3O. The minimum atomic E-state index is 0.235. The van der Waals surface area contributed by atoms with Gasteiger partial charge in [0.2, 0.25) is 5.91 Å². The standard InChI is InChI=1S/C15H29N3O/c1-11(12-3-2-8-17-10-12)9-15(19)18-14-6-4-13(16)5-7-14/h11-14,17H,2-10,16H2,1H3,(H,18,19). The molecule has 0 radical (unpaired) electrons. The zero-order valence-electron chi connectivity index (χ0n) is 12.2. The Morgan fingerprint density at radius 1 is 1.32 bits per heavy atom. The second kappa shape index (κ2) is 7.25. The second-order valence-corrected chi connectivity index (χ2v) is 6.47. The van der Waals surface area contributed by atoms with Gasteiger partial charge in [0, 0.05) is 18.5 Å². The Balaban J connectivity index is 1.68. The lowest BCUT2D eigenvalue weighted by Crippen LogP contribution is -2.42. The van der Waals surface area contributed by atoms with E-state index in [1.807, 2.05) is 0 Å². The molecule has 1 heterocycles. The van der Waals surface area contributed by atoms with Gasteiger partial charge in [0.25, 0.3) is 0 Å². The van der Waals surface area contributed by atoms with Gasteiger partial charge in [-0.3, -0.25) is 4.79 Å². The first-order valence-corrected chi connectivity index (χ1v) is 7.91. The first-order chi connectivity index (χ1) is 9.15. The van der Waals surface area contributed by atoms with Crippen LogP contribution in [0.1, 0.15) is 51.9 Å². The summed E-state index contributed by atoms with van der Waals surface area (Å²) in [5.41, 5.74) is 5.89. The van der Waals surface area contributed by atoms with Crippen LogP contribution in [0.15, 0.2) is 0 Å². The predicted octanol–water partition coefficient (Wildman–Crippen LogP) is 1.40. The van der Waals surface area contributed by atoms with E-state index >= 15 is 0 Å². The molecule has 0 aromatic heterocycles. The first-order valence-electron chi connectivity index (χ1n) is 7.91. The molecule has 0 aromatic carbocycles. The van der Waals surface area contributed by atoms with Crippen LogP contribution in [0.3, 0.4) is 0 Å². The summed E-state index contributed by atoms with van der Waals surface area (Å²) in [4.78, 5) is 12.1. The van der Waals surface area contributed by atoms with Gasteiger partial charge in [0.15, 0.2) is 0 Å². The van der Waals surface area contributed by atoms with E-state index in [1.165, 1.54) is 12.8 Å². The second-order valence-electron chi connectivity index (χ2n) is 6.47. The number of hydrogen-bond acceptors (Lipinski definition) is 3. The van der Waals surface area contributed by atoms with E-state index in [4.69, 9.17) is 5.73 Å². The highest BCUT2D eigenvalue weighted by atomic mass is 16.1. The monoisotopic (exact) mass is 267 g/mol. The van der Waals surface area contributed by atoms with Gasteiger partial charge < -0.3 is 16.4 Å². The van der Waals surface area contributed by atoms with E-state index in [9.17, 15) is 4.79 Å². The Bertz CT molecular complexity index is 281. The summed E-state index contributed by atoms with van der Waals surface area (Å²) in [5.74, 6) is 1.39. The summed E-state index contributed by atoms with van der Waals surface area (Å²) in [6.07, 6.45) is 7.38. The molecule has 110 valence electrons. The maximum Gasteiger partial charge on any atom is 0.220 e. The Hall–Kier alpha value is -0.610. The molecule has 4 nitrogen and oxygen atoms in total. The van der Waals surface area contributed by atoms with Crippen molar-refractivity contribution < 1.29 is 4.79 Å². The van der Waals surface area contributed by atoms with Crippen molar-refractivity contribution in [2.75, 3.05) is 13.1 Å². The summed E-state index contributed by atoms with van der Waals surface area (Å²) < 4.78 is 0. The minimum Gasteiger partial charge on any atom is -0.353 e. The number of hydrogen-bond donors (Lipinski definition) is 3. The highest BCUT2D eigenvalue weighted by molar-refractivity contribution is 5.76. The largest absolute Gasteiger partial charge is 0.353 e. The van der Waals surface area contributed by atoms with Crippen LogP contribution in [0.5, 0.6) is 0 Å². The molecule has 1 saturated carbocycles. The third-order valence-corrected chi connectivity index (χ3v) is 4.78. The van der Waals surface area contributed by atoms with E-state index in [-0.39, 0.29) is 5.91 Å². The molecule has 1 aliphatic heterocycles. The van der Waals surface area contributed by atoms with Gasteiger partial charge in [-0.05, 0) is 63.5 Å². The molecule has 2 unspecified atom stereocenters. The summed E-state index contributed by atoms with van der Waals surface area (Å²) >= 11 is 0. The van der Waals surface area contributed by atoms with Crippen LogP contribution in [0.4, 0.5) is 0 Å². The lowest BCUT2D eigenvalue weighted by atomic mass is 9.85. The highest BCUT2D eigenvalue weighted by Crippen LogP contribution is 2.23. The van der Waals surface area contributed by atoms with E-state index < -0.39 is 0 Å². The van der Waals surface area contributed by atoms with Crippen molar-refractivity contribution in [3.05, 3.63) is 0 Å². The average Bonchev–Trinajstić information content (AvgIpc) is 2.42. The lowest BCUT2D eigenvalue weighted by molar-refractivity contribution is -0.123. The molecule has 2 fully saturated rings. The van der Waals surface area contributed by atoms with E-state index in [0.29, 0.717) is 30.3 Å². The van der Waals surface area contributed by atoms with Crippen LogP contribution < -0.4 is 16.4 Å². The molecule has 1 saturated heterocycles. The topological polar surface area (TPSA) is 67.2 Å². The molecular weight excluding hydrogens is 238 g/mol. The lowest BCUT2D eigenvalue weighted by Gasteiger charge is -2.30. The SMILES string of the molecule is CC(CC(=O)NC1CCC(N)CC1)C1CCCNC1. The van der Waals surface area contributed by atoms with Crippen LogP contribution in [0, 0.1) is 11.8 Å². The van der Waals surface area contributed by atoms with Crippen LogP contribution in [-0.2, 0) is 4.79 Å². The van der Waals surface area contributed by atoms with Crippen LogP contribution >= 0.6 is 0 Å². The number of rotatable bonds is 4. The van der Waals surface area contributed by atoms with Crippen molar-refractivity contribution in [2.45, 2.75) is 64.0 Å².